The fourth-order valence-electron chi connectivity index (χ4n) is 2.02. The van der Waals surface area contributed by atoms with Crippen LogP contribution in [0, 0.1) is 6.92 Å². The van der Waals surface area contributed by atoms with Crippen LogP contribution in [0.1, 0.15) is 16.1 Å². The van der Waals surface area contributed by atoms with Gasteiger partial charge in [-0.1, -0.05) is 18.2 Å². The van der Waals surface area contributed by atoms with E-state index in [1.54, 1.807) is 6.92 Å². The molecule has 0 saturated carbocycles. The molecule has 0 saturated heterocycles. The largest absolute Gasteiger partial charge is 0.477 e. The maximum absolute atomic E-state index is 11.0. The molecule has 2 aromatic rings. The number of hydrogen-bond donors (Lipinski definition) is 2. The number of hydrogen-bond acceptors (Lipinski definition) is 2. The smallest absolute Gasteiger partial charge is 0.352 e. The van der Waals surface area contributed by atoms with Gasteiger partial charge >= 0.3 is 5.97 Å². The van der Waals surface area contributed by atoms with Gasteiger partial charge in [0.2, 0.25) is 0 Å². The van der Waals surface area contributed by atoms with Crippen LogP contribution in [0.15, 0.2) is 30.3 Å². The summed E-state index contributed by atoms with van der Waals surface area (Å²) in [7, 11) is 3.93. The Morgan fingerprint density at radius 3 is 2.50 bits per heavy atom. The number of rotatable bonds is 3. The van der Waals surface area contributed by atoms with Crippen LogP contribution in [0.4, 0.5) is 5.69 Å². The lowest BCUT2D eigenvalue weighted by atomic mass is 10.1. The predicted molar refractivity (Wildman–Crippen MR) is 72.3 cm³/mol. The quantitative estimate of drug-likeness (QED) is 0.872. The van der Waals surface area contributed by atoms with E-state index in [0.29, 0.717) is 0 Å². The number of carbonyl (C=O) groups is 1. The highest BCUT2D eigenvalue weighted by molar-refractivity contribution is 5.89. The van der Waals surface area contributed by atoms with E-state index in [2.05, 4.69) is 4.98 Å². The number of aromatic amines is 1. The molecule has 2 N–H and O–H groups in total. The van der Waals surface area contributed by atoms with Gasteiger partial charge in [0.25, 0.3) is 0 Å². The molecule has 94 valence electrons. The van der Waals surface area contributed by atoms with Gasteiger partial charge in [0.1, 0.15) is 5.69 Å². The number of anilines is 1. The Balaban J connectivity index is 2.56. The van der Waals surface area contributed by atoms with Crippen LogP contribution in [0.2, 0.25) is 0 Å². The molecule has 0 aliphatic rings. The average Bonchev–Trinajstić information content (AvgIpc) is 2.71. The average molecular weight is 244 g/mol. The normalized spacial score (nSPS) is 10.4. The molecule has 18 heavy (non-hydrogen) atoms. The number of carboxylic acid groups (broad SMARTS) is 1. The summed E-state index contributed by atoms with van der Waals surface area (Å²) in [6.07, 6.45) is 0. The minimum Gasteiger partial charge on any atom is -0.477 e. The van der Waals surface area contributed by atoms with Gasteiger partial charge < -0.3 is 15.0 Å². The zero-order valence-corrected chi connectivity index (χ0v) is 10.7. The Labute approximate surface area is 106 Å². The number of nitrogens with zero attached hydrogens (tertiary/aromatic N) is 1. The summed E-state index contributed by atoms with van der Waals surface area (Å²) in [5.41, 5.74) is 3.87. The molecule has 1 heterocycles. The molecule has 0 bridgehead atoms. The van der Waals surface area contributed by atoms with E-state index < -0.39 is 5.97 Å². The standard InChI is InChI=1S/C14H16N2O2/c1-9-8-11(15-13(9)14(17)18)10-6-4-5-7-12(10)16(2)3/h4-8,15H,1-3H3,(H,17,18). The van der Waals surface area contributed by atoms with Crippen LogP contribution in [-0.2, 0) is 0 Å². The Morgan fingerprint density at radius 2 is 1.94 bits per heavy atom. The zero-order chi connectivity index (χ0) is 13.3. The van der Waals surface area contributed by atoms with Gasteiger partial charge in [-0.05, 0) is 24.6 Å². The van der Waals surface area contributed by atoms with Crippen molar-refractivity contribution >= 4 is 11.7 Å². The first-order valence-electron chi connectivity index (χ1n) is 5.70. The molecule has 4 nitrogen and oxygen atoms in total. The molecule has 1 aromatic heterocycles. The van der Waals surface area contributed by atoms with Crippen LogP contribution in [0.5, 0.6) is 0 Å². The van der Waals surface area contributed by atoms with Crippen molar-refractivity contribution in [3.63, 3.8) is 0 Å². The molecule has 0 spiro atoms. The first-order valence-corrected chi connectivity index (χ1v) is 5.70. The lowest BCUT2D eigenvalue weighted by Crippen LogP contribution is -2.09. The molecule has 0 aliphatic heterocycles. The van der Waals surface area contributed by atoms with Gasteiger partial charge in [0.05, 0.1) is 0 Å². The van der Waals surface area contributed by atoms with E-state index in [0.717, 1.165) is 22.5 Å². The third-order valence-corrected chi connectivity index (χ3v) is 2.90. The first-order chi connectivity index (χ1) is 8.50. The highest BCUT2D eigenvalue weighted by atomic mass is 16.4. The molecule has 2 rings (SSSR count). The molecule has 0 amide bonds. The maximum atomic E-state index is 11.0. The van der Waals surface area contributed by atoms with Gasteiger partial charge in [-0.25, -0.2) is 4.79 Å². The number of benzene rings is 1. The summed E-state index contributed by atoms with van der Waals surface area (Å²) in [6.45, 7) is 1.79. The molecule has 0 unspecified atom stereocenters. The van der Waals surface area contributed by atoms with Crippen LogP contribution >= 0.6 is 0 Å². The van der Waals surface area contributed by atoms with Gasteiger partial charge in [-0.2, -0.15) is 0 Å². The molecular formula is C14H16N2O2. The van der Waals surface area contributed by atoms with Crippen molar-refractivity contribution in [2.75, 3.05) is 19.0 Å². The van der Waals surface area contributed by atoms with E-state index >= 15 is 0 Å². The number of carboxylic acids is 1. The highest BCUT2D eigenvalue weighted by Crippen LogP contribution is 2.30. The van der Waals surface area contributed by atoms with E-state index in [1.807, 2.05) is 49.3 Å². The van der Waals surface area contributed by atoms with Crippen molar-refractivity contribution in [3.05, 3.63) is 41.6 Å². The van der Waals surface area contributed by atoms with Crippen LogP contribution in [-0.4, -0.2) is 30.2 Å². The summed E-state index contributed by atoms with van der Waals surface area (Å²) < 4.78 is 0. The summed E-state index contributed by atoms with van der Waals surface area (Å²) >= 11 is 0. The Hall–Kier alpha value is -2.23. The Morgan fingerprint density at radius 1 is 1.28 bits per heavy atom. The predicted octanol–water partition coefficient (Wildman–Crippen LogP) is 2.75. The fraction of sp³-hybridized carbons (Fsp3) is 0.214. The highest BCUT2D eigenvalue weighted by Gasteiger charge is 2.14. The molecule has 4 heteroatoms. The van der Waals surface area contributed by atoms with Gasteiger partial charge in [0, 0.05) is 31.0 Å². The lowest BCUT2D eigenvalue weighted by molar-refractivity contribution is 0.0690. The summed E-state index contributed by atoms with van der Waals surface area (Å²) in [6, 6.07) is 9.76. The second-order valence-electron chi connectivity index (χ2n) is 4.46. The molecule has 0 radical (unpaired) electrons. The molecule has 1 aromatic carbocycles. The van der Waals surface area contributed by atoms with Gasteiger partial charge in [-0.15, -0.1) is 0 Å². The second kappa shape index (κ2) is 4.56. The Kier molecular flexibility index (Phi) is 3.10. The number of aryl methyl sites for hydroxylation is 1. The lowest BCUT2D eigenvalue weighted by Gasteiger charge is -2.16. The molecule has 0 fully saturated rings. The van der Waals surface area contributed by atoms with E-state index in [9.17, 15) is 4.79 Å². The monoisotopic (exact) mass is 244 g/mol. The van der Waals surface area contributed by atoms with Crippen LogP contribution in [0.3, 0.4) is 0 Å². The summed E-state index contributed by atoms with van der Waals surface area (Å²) in [4.78, 5) is 16.0. The van der Waals surface area contributed by atoms with Crippen molar-refractivity contribution in [2.45, 2.75) is 6.92 Å². The van der Waals surface area contributed by atoms with Crippen LogP contribution < -0.4 is 4.90 Å². The topological polar surface area (TPSA) is 56.3 Å². The zero-order valence-electron chi connectivity index (χ0n) is 10.7. The molecule has 0 atom stereocenters. The fourth-order valence-corrected chi connectivity index (χ4v) is 2.02. The minimum absolute atomic E-state index is 0.249. The SMILES string of the molecule is Cc1cc(-c2ccccc2N(C)C)[nH]c1C(=O)O. The number of H-pyrrole nitrogens is 1. The van der Waals surface area contributed by atoms with E-state index in [-0.39, 0.29) is 5.69 Å². The van der Waals surface area contributed by atoms with Crippen molar-refractivity contribution in [1.82, 2.24) is 4.98 Å². The summed E-state index contributed by atoms with van der Waals surface area (Å²) in [5, 5.41) is 9.06. The maximum Gasteiger partial charge on any atom is 0.352 e. The number of para-hydroxylation sites is 1. The minimum atomic E-state index is -0.930. The number of aromatic nitrogens is 1. The van der Waals surface area contributed by atoms with Crippen molar-refractivity contribution in [3.8, 4) is 11.3 Å². The molecular weight excluding hydrogens is 228 g/mol. The van der Waals surface area contributed by atoms with Gasteiger partial charge in [-0.3, -0.25) is 0 Å². The van der Waals surface area contributed by atoms with E-state index in [4.69, 9.17) is 5.11 Å². The van der Waals surface area contributed by atoms with Crippen molar-refractivity contribution in [1.29, 1.82) is 0 Å². The second-order valence-corrected chi connectivity index (χ2v) is 4.46. The Bertz CT molecular complexity index is 585. The number of nitrogens with one attached hydrogen (secondary N) is 1. The third-order valence-electron chi connectivity index (χ3n) is 2.90. The van der Waals surface area contributed by atoms with Crippen molar-refractivity contribution in [2.24, 2.45) is 0 Å². The van der Waals surface area contributed by atoms with Crippen LogP contribution in [0.25, 0.3) is 11.3 Å². The third kappa shape index (κ3) is 2.09. The summed E-state index contributed by atoms with van der Waals surface area (Å²) in [5.74, 6) is -0.930. The molecule has 0 aliphatic carbocycles. The van der Waals surface area contributed by atoms with Gasteiger partial charge in [0.15, 0.2) is 0 Å². The van der Waals surface area contributed by atoms with Crippen molar-refractivity contribution < 1.29 is 9.90 Å². The number of aromatic carboxylic acids is 1. The first kappa shape index (κ1) is 12.2. The van der Waals surface area contributed by atoms with E-state index in [1.165, 1.54) is 0 Å².